The van der Waals surface area contributed by atoms with Crippen LogP contribution in [0.1, 0.15) is 13.3 Å². The van der Waals surface area contributed by atoms with Gasteiger partial charge in [0.05, 0.1) is 0 Å². The summed E-state index contributed by atoms with van der Waals surface area (Å²) in [6.45, 7) is -3.04. The molecule has 1 rings (SSSR count). The molecule has 1 aliphatic heterocycles. The van der Waals surface area contributed by atoms with Gasteiger partial charge in [-0.05, 0) is 25.3 Å². The van der Waals surface area contributed by atoms with E-state index in [4.69, 9.17) is 5.11 Å². The molecule has 0 saturated carbocycles. The number of hydrogen-bond acceptors (Lipinski definition) is 2. The molecule has 0 aromatic rings. The van der Waals surface area contributed by atoms with Gasteiger partial charge in [-0.2, -0.15) is 0 Å². The molecule has 7 heteroatoms. The van der Waals surface area contributed by atoms with Crippen LogP contribution in [0.2, 0.25) is 0 Å². The highest BCUT2D eigenvalue weighted by atomic mass is 19.4. The molecular weight excluding hydrogens is 198 g/mol. The van der Waals surface area contributed by atoms with E-state index in [2.05, 4.69) is 0 Å². The zero-order valence-corrected chi connectivity index (χ0v) is 7.79. The van der Waals surface area contributed by atoms with Crippen LogP contribution in [0.25, 0.3) is 0 Å². The lowest BCUT2D eigenvalue weighted by molar-refractivity contribution is -0.143. The Bertz CT molecular complexity index is 233. The Labute approximate surface area is 79.9 Å². The molecule has 0 aliphatic carbocycles. The maximum atomic E-state index is 12.1. The molecule has 3 nitrogen and oxygen atoms in total. The van der Waals surface area contributed by atoms with Crippen LogP contribution in [0.3, 0.4) is 0 Å². The van der Waals surface area contributed by atoms with Crippen LogP contribution >= 0.6 is 0 Å². The summed E-state index contributed by atoms with van der Waals surface area (Å²) >= 11 is 0. The first kappa shape index (κ1) is 11.4. The molecular formula is C7H12BF3NO2-. The molecule has 0 aromatic carbocycles. The Morgan fingerprint density at radius 2 is 2.14 bits per heavy atom. The Balaban J connectivity index is 2.65. The quantitative estimate of drug-likeness (QED) is 0.710. The first-order valence-corrected chi connectivity index (χ1v) is 4.49. The van der Waals surface area contributed by atoms with E-state index in [1.807, 2.05) is 0 Å². The number of hydrogen-bond donors (Lipinski definition) is 1. The third-order valence-corrected chi connectivity index (χ3v) is 2.50. The van der Waals surface area contributed by atoms with Gasteiger partial charge in [-0.25, -0.2) is 0 Å². The normalized spacial score (nSPS) is 29.4. The Morgan fingerprint density at radius 3 is 2.57 bits per heavy atom. The number of carboxylic acids is 1. The zero-order chi connectivity index (χ0) is 10.9. The monoisotopic (exact) mass is 210 g/mol. The molecule has 0 unspecified atom stereocenters. The minimum Gasteiger partial charge on any atom is -0.480 e. The maximum absolute atomic E-state index is 12.1. The Hall–Kier alpha value is -0.715. The van der Waals surface area contributed by atoms with Crippen molar-refractivity contribution in [2.24, 2.45) is 5.92 Å². The Morgan fingerprint density at radius 1 is 1.57 bits per heavy atom. The number of carbonyl (C=O) groups is 1. The molecule has 1 aliphatic rings. The van der Waals surface area contributed by atoms with Crippen molar-refractivity contribution in [3.63, 3.8) is 0 Å². The summed E-state index contributed by atoms with van der Waals surface area (Å²) in [7, 11) is 0. The largest absolute Gasteiger partial charge is 0.492 e. The second-order valence-electron chi connectivity index (χ2n) is 3.75. The van der Waals surface area contributed by atoms with E-state index >= 15 is 0 Å². The van der Waals surface area contributed by atoms with Crippen LogP contribution in [0, 0.1) is 5.92 Å². The van der Waals surface area contributed by atoms with Gasteiger partial charge in [0.2, 0.25) is 0 Å². The van der Waals surface area contributed by atoms with Crippen LogP contribution < -0.4 is 0 Å². The summed E-state index contributed by atoms with van der Waals surface area (Å²) in [4.78, 5) is 11.7. The van der Waals surface area contributed by atoms with Gasteiger partial charge in [0.1, 0.15) is 6.04 Å². The summed E-state index contributed by atoms with van der Waals surface area (Å²) in [5, 5.41) is 8.75. The van der Waals surface area contributed by atoms with E-state index in [0.29, 0.717) is 6.42 Å². The van der Waals surface area contributed by atoms with Crippen LogP contribution in [0.15, 0.2) is 0 Å². The summed E-state index contributed by atoms with van der Waals surface area (Å²) in [6, 6.07) is -0.974. The smallest absolute Gasteiger partial charge is 0.480 e. The fraction of sp³-hybridized carbons (Fsp3) is 0.857. The molecule has 0 spiro atoms. The van der Waals surface area contributed by atoms with Gasteiger partial charge in [0, 0.05) is 0 Å². The van der Waals surface area contributed by atoms with Gasteiger partial charge in [0.15, 0.2) is 0 Å². The van der Waals surface area contributed by atoms with Crippen molar-refractivity contribution in [2.75, 3.05) is 13.0 Å². The summed E-state index contributed by atoms with van der Waals surface area (Å²) in [6.07, 6.45) is -0.551. The van der Waals surface area contributed by atoms with Crippen LogP contribution in [-0.2, 0) is 4.79 Å². The highest BCUT2D eigenvalue weighted by molar-refractivity contribution is 6.58. The van der Waals surface area contributed by atoms with Crippen molar-refractivity contribution in [1.82, 2.24) is 4.90 Å². The first-order chi connectivity index (χ1) is 6.31. The molecule has 14 heavy (non-hydrogen) atoms. The third kappa shape index (κ3) is 2.63. The third-order valence-electron chi connectivity index (χ3n) is 2.50. The van der Waals surface area contributed by atoms with Crippen molar-refractivity contribution >= 4 is 12.9 Å². The minimum atomic E-state index is -4.93. The molecule has 1 fully saturated rings. The van der Waals surface area contributed by atoms with Gasteiger partial charge in [-0.3, -0.25) is 4.79 Å². The van der Waals surface area contributed by atoms with Crippen molar-refractivity contribution in [2.45, 2.75) is 19.4 Å². The van der Waals surface area contributed by atoms with Crippen LogP contribution in [0.5, 0.6) is 0 Å². The lowest BCUT2D eigenvalue weighted by Crippen LogP contribution is -2.45. The second kappa shape index (κ2) is 3.80. The predicted molar refractivity (Wildman–Crippen MR) is 45.9 cm³/mol. The zero-order valence-electron chi connectivity index (χ0n) is 7.79. The lowest BCUT2D eigenvalue weighted by Gasteiger charge is -2.28. The van der Waals surface area contributed by atoms with E-state index in [1.54, 1.807) is 6.92 Å². The molecule has 0 amide bonds. The second-order valence-corrected chi connectivity index (χ2v) is 3.75. The number of nitrogens with zero attached hydrogens (tertiary/aromatic N) is 1. The predicted octanol–water partition coefficient (Wildman–Crippen LogP) is 1.17. The highest BCUT2D eigenvalue weighted by Crippen LogP contribution is 2.26. The molecule has 1 heterocycles. The van der Waals surface area contributed by atoms with Gasteiger partial charge in [-0.1, -0.05) is 6.92 Å². The number of likely N-dealkylation sites (tertiary alicyclic amines) is 1. The minimum absolute atomic E-state index is 0.203. The van der Waals surface area contributed by atoms with Crippen molar-refractivity contribution in [1.29, 1.82) is 0 Å². The highest BCUT2D eigenvalue weighted by Gasteiger charge is 2.40. The van der Waals surface area contributed by atoms with Crippen molar-refractivity contribution in [3.05, 3.63) is 0 Å². The average Bonchev–Trinajstić information content (AvgIpc) is 2.27. The average molecular weight is 210 g/mol. The fourth-order valence-corrected chi connectivity index (χ4v) is 1.90. The van der Waals surface area contributed by atoms with Crippen LogP contribution in [0.4, 0.5) is 12.9 Å². The number of carboxylic acid groups (broad SMARTS) is 1. The standard InChI is InChI=1S/C7H12BF3NO2/c1-5-2-3-12(4-8(9,10)11)6(5)7(13)14/h5-6H,2-4H2,1H3,(H,13,14)/q-1/t5-,6-/m0/s1. The van der Waals surface area contributed by atoms with E-state index in [0.717, 1.165) is 4.90 Å². The van der Waals surface area contributed by atoms with Crippen molar-refractivity contribution < 1.29 is 22.8 Å². The molecule has 1 N–H and O–H groups in total. The van der Waals surface area contributed by atoms with Gasteiger partial charge in [-0.15, -0.1) is 0 Å². The van der Waals surface area contributed by atoms with E-state index < -0.39 is 25.4 Å². The molecule has 0 bridgehead atoms. The molecule has 0 radical (unpaired) electrons. The van der Waals surface area contributed by atoms with Gasteiger partial charge < -0.3 is 23.0 Å². The Kier molecular flexibility index (Phi) is 3.09. The first-order valence-electron chi connectivity index (χ1n) is 4.49. The van der Waals surface area contributed by atoms with Crippen LogP contribution in [-0.4, -0.2) is 42.0 Å². The maximum Gasteiger partial charge on any atom is 0.492 e. The number of rotatable bonds is 3. The molecule has 82 valence electrons. The topological polar surface area (TPSA) is 40.5 Å². The summed E-state index contributed by atoms with van der Waals surface area (Å²) in [5.41, 5.74) is 0. The van der Waals surface area contributed by atoms with Crippen molar-refractivity contribution in [3.8, 4) is 0 Å². The van der Waals surface area contributed by atoms with Gasteiger partial charge in [0.25, 0.3) is 0 Å². The van der Waals surface area contributed by atoms with E-state index in [-0.39, 0.29) is 12.5 Å². The number of aliphatic carboxylic acids is 1. The van der Waals surface area contributed by atoms with E-state index in [1.165, 1.54) is 0 Å². The molecule has 2 atom stereocenters. The molecule has 0 aromatic heterocycles. The SMILES string of the molecule is C[C@H]1CCN(C[B-](F)(F)F)[C@@H]1C(=O)O. The van der Waals surface area contributed by atoms with E-state index in [9.17, 15) is 17.7 Å². The molecule has 1 saturated heterocycles. The fourth-order valence-electron chi connectivity index (χ4n) is 1.90. The van der Waals surface area contributed by atoms with Gasteiger partial charge >= 0.3 is 12.9 Å². The summed E-state index contributed by atoms with van der Waals surface area (Å²) < 4.78 is 36.3. The number of halogens is 3. The lowest BCUT2D eigenvalue weighted by atomic mass is 9.90. The summed E-state index contributed by atoms with van der Waals surface area (Å²) in [5.74, 6) is -1.36.